The van der Waals surface area contributed by atoms with Gasteiger partial charge in [-0.1, -0.05) is 0 Å². The molecule has 20 heavy (non-hydrogen) atoms. The average Bonchev–Trinajstić information content (AvgIpc) is 2.92. The van der Waals surface area contributed by atoms with Gasteiger partial charge in [0.15, 0.2) is 11.9 Å². The summed E-state index contributed by atoms with van der Waals surface area (Å²) in [5.74, 6) is -0.554. The summed E-state index contributed by atoms with van der Waals surface area (Å²) in [5.41, 5.74) is -1.07. The predicted octanol–water partition coefficient (Wildman–Crippen LogP) is -1.64. The fourth-order valence-electron chi connectivity index (χ4n) is 2.57. The summed E-state index contributed by atoms with van der Waals surface area (Å²) in [5, 5.41) is 36.5. The van der Waals surface area contributed by atoms with Crippen molar-refractivity contribution in [1.82, 2.24) is 4.90 Å². The Hall–Kier alpha value is -1.68. The summed E-state index contributed by atoms with van der Waals surface area (Å²) >= 11 is 0. The Bertz CT molecular complexity index is 541. The van der Waals surface area contributed by atoms with E-state index in [4.69, 9.17) is 9.84 Å². The summed E-state index contributed by atoms with van der Waals surface area (Å²) in [6.07, 6.45) is -1.74. The van der Waals surface area contributed by atoms with Gasteiger partial charge in [-0.3, -0.25) is 9.79 Å². The van der Waals surface area contributed by atoms with Gasteiger partial charge in [-0.05, 0) is 6.92 Å². The fraction of sp³-hybridized carbons (Fsp3) is 0.636. The molecule has 0 bridgehead atoms. The van der Waals surface area contributed by atoms with Crippen molar-refractivity contribution in [2.45, 2.75) is 31.0 Å². The van der Waals surface area contributed by atoms with Crippen LogP contribution in [0, 0.1) is 0 Å². The zero-order valence-electron chi connectivity index (χ0n) is 10.7. The van der Waals surface area contributed by atoms with Crippen LogP contribution in [0.3, 0.4) is 0 Å². The molecule has 0 aliphatic carbocycles. The van der Waals surface area contributed by atoms with Crippen molar-refractivity contribution in [3.63, 3.8) is 0 Å². The van der Waals surface area contributed by atoms with Crippen LogP contribution < -0.4 is 0 Å². The molecule has 0 spiro atoms. The number of carbonyl (C=O) groups excluding carboxylic acids is 1. The van der Waals surface area contributed by atoms with Crippen molar-refractivity contribution in [2.24, 2.45) is 15.2 Å². The first kappa shape index (κ1) is 13.3. The Kier molecular flexibility index (Phi) is 2.94. The molecule has 3 rings (SSSR count). The van der Waals surface area contributed by atoms with E-state index in [1.165, 1.54) is 18.0 Å². The maximum absolute atomic E-state index is 11.5. The molecule has 3 aliphatic heterocycles. The zero-order chi connectivity index (χ0) is 14.5. The lowest BCUT2D eigenvalue weighted by Crippen LogP contribution is -2.52. The molecule has 1 amide bonds. The molecule has 3 N–H and O–H groups in total. The van der Waals surface area contributed by atoms with Crippen LogP contribution in [-0.2, 0) is 9.53 Å². The van der Waals surface area contributed by atoms with Crippen LogP contribution in [0.4, 0.5) is 0 Å². The predicted molar refractivity (Wildman–Crippen MR) is 64.5 cm³/mol. The minimum absolute atomic E-state index is 0.0869. The van der Waals surface area contributed by atoms with Gasteiger partial charge < -0.3 is 25.0 Å². The van der Waals surface area contributed by atoms with Crippen molar-refractivity contribution in [1.29, 1.82) is 0 Å². The van der Waals surface area contributed by atoms with Gasteiger partial charge in [0.25, 0.3) is 0 Å². The third kappa shape index (κ3) is 1.71. The van der Waals surface area contributed by atoms with Crippen molar-refractivity contribution in [3.05, 3.63) is 11.9 Å². The summed E-state index contributed by atoms with van der Waals surface area (Å²) in [6.45, 7) is 1.07. The minimum Gasteiger partial charge on any atom is -0.394 e. The highest BCUT2D eigenvalue weighted by atomic mass is 16.6. The normalized spacial score (nSPS) is 39.9. The molecule has 0 saturated carbocycles. The number of carbonyl (C=O) groups is 1. The summed E-state index contributed by atoms with van der Waals surface area (Å²) in [6, 6.07) is 0. The number of aliphatic imine (C=N–C) groups is 1. The second-order valence-electron chi connectivity index (χ2n) is 5.03. The number of fused-ring (bicyclic) bond motifs is 1. The Morgan fingerprint density at radius 3 is 3.00 bits per heavy atom. The molecule has 1 fully saturated rings. The number of aliphatic hydroxyl groups excluding tert-OH is 2. The number of rotatable bonds is 2. The first-order chi connectivity index (χ1) is 9.46. The van der Waals surface area contributed by atoms with E-state index in [0.717, 1.165) is 0 Å². The van der Waals surface area contributed by atoms with E-state index in [-0.39, 0.29) is 12.4 Å². The van der Waals surface area contributed by atoms with E-state index in [1.807, 2.05) is 0 Å². The van der Waals surface area contributed by atoms with Gasteiger partial charge in [0.2, 0.25) is 0 Å². The standard InChI is InChI=1S/C11H14N4O5/c1-11(19)8(17)6(3-16)20-10(11)15-4-12-7-5(15)2-13-14-9(7)18/h2,6,8,10,16-17,19H,3-4H2,1H3/t6-,8-,10-,11-/m1/s1. The van der Waals surface area contributed by atoms with E-state index < -0.39 is 36.6 Å². The number of ether oxygens (including phenoxy) is 1. The number of hydrogen-bond donors (Lipinski definition) is 3. The van der Waals surface area contributed by atoms with E-state index >= 15 is 0 Å². The van der Waals surface area contributed by atoms with Crippen LogP contribution in [0.15, 0.2) is 27.1 Å². The van der Waals surface area contributed by atoms with E-state index in [2.05, 4.69) is 15.2 Å². The van der Waals surface area contributed by atoms with E-state index in [9.17, 15) is 15.0 Å². The number of hydrogen-bond acceptors (Lipinski definition) is 8. The highest BCUT2D eigenvalue weighted by molar-refractivity contribution is 6.46. The van der Waals surface area contributed by atoms with Gasteiger partial charge in [-0.15, -0.1) is 5.11 Å². The average molecular weight is 282 g/mol. The fourth-order valence-corrected chi connectivity index (χ4v) is 2.57. The zero-order valence-corrected chi connectivity index (χ0v) is 10.7. The molecule has 1 saturated heterocycles. The molecule has 4 atom stereocenters. The third-order valence-corrected chi connectivity index (χ3v) is 3.68. The van der Waals surface area contributed by atoms with Crippen LogP contribution in [0.5, 0.6) is 0 Å². The molecule has 0 unspecified atom stereocenters. The van der Waals surface area contributed by atoms with E-state index in [1.54, 1.807) is 0 Å². The van der Waals surface area contributed by atoms with Gasteiger partial charge in [0, 0.05) is 0 Å². The number of azo groups is 1. The van der Waals surface area contributed by atoms with Crippen molar-refractivity contribution >= 4 is 11.6 Å². The van der Waals surface area contributed by atoms with Gasteiger partial charge in [0.05, 0.1) is 18.5 Å². The van der Waals surface area contributed by atoms with Crippen LogP contribution in [0.25, 0.3) is 0 Å². The molecule has 108 valence electrons. The quantitative estimate of drug-likeness (QED) is 0.557. The van der Waals surface area contributed by atoms with Gasteiger partial charge in [0.1, 0.15) is 24.5 Å². The summed E-state index contributed by atoms with van der Waals surface area (Å²) in [4.78, 5) is 17.1. The topological polar surface area (TPSA) is 127 Å². The highest BCUT2D eigenvalue weighted by Crippen LogP contribution is 2.36. The second-order valence-corrected chi connectivity index (χ2v) is 5.03. The third-order valence-electron chi connectivity index (χ3n) is 3.68. The van der Waals surface area contributed by atoms with Crippen molar-refractivity contribution in [2.75, 3.05) is 13.3 Å². The monoisotopic (exact) mass is 282 g/mol. The Labute approximate surface area is 113 Å². The van der Waals surface area contributed by atoms with Gasteiger partial charge in [-0.25, -0.2) is 0 Å². The van der Waals surface area contributed by atoms with Crippen LogP contribution in [-0.4, -0.2) is 69.2 Å². The molecule has 3 heterocycles. The SMILES string of the molecule is C[C@@]1(O)[C@H](O)[C@@H](CO)O[C@H]1N1CN=C2C(=O)N=NC=C21. The lowest BCUT2D eigenvalue weighted by molar-refractivity contribution is -0.120. The Morgan fingerprint density at radius 1 is 1.60 bits per heavy atom. The lowest BCUT2D eigenvalue weighted by Gasteiger charge is -2.34. The molecule has 9 heteroatoms. The molecule has 3 aliphatic rings. The molecular weight excluding hydrogens is 268 g/mol. The molecule has 0 aromatic rings. The number of amides is 1. The maximum atomic E-state index is 11.5. The lowest BCUT2D eigenvalue weighted by atomic mass is 9.96. The van der Waals surface area contributed by atoms with Gasteiger partial charge in [-0.2, -0.15) is 5.11 Å². The number of nitrogens with zero attached hydrogens (tertiary/aromatic N) is 4. The van der Waals surface area contributed by atoms with Crippen LogP contribution in [0.2, 0.25) is 0 Å². The molecule has 9 nitrogen and oxygen atoms in total. The van der Waals surface area contributed by atoms with Crippen LogP contribution in [0.1, 0.15) is 6.92 Å². The summed E-state index contributed by atoms with van der Waals surface area (Å²) in [7, 11) is 0. The first-order valence-corrected chi connectivity index (χ1v) is 6.10. The molecular formula is C11H14N4O5. The highest BCUT2D eigenvalue weighted by Gasteiger charge is 2.55. The Morgan fingerprint density at radius 2 is 2.35 bits per heavy atom. The van der Waals surface area contributed by atoms with Gasteiger partial charge >= 0.3 is 5.91 Å². The van der Waals surface area contributed by atoms with Crippen LogP contribution >= 0.6 is 0 Å². The summed E-state index contributed by atoms with van der Waals surface area (Å²) < 4.78 is 5.48. The minimum atomic E-state index is -1.61. The molecule has 0 aromatic heterocycles. The molecule has 0 aromatic carbocycles. The van der Waals surface area contributed by atoms with Crippen molar-refractivity contribution in [3.8, 4) is 0 Å². The van der Waals surface area contributed by atoms with E-state index in [0.29, 0.717) is 5.70 Å². The smallest absolute Gasteiger partial charge is 0.315 e. The maximum Gasteiger partial charge on any atom is 0.315 e. The first-order valence-electron chi connectivity index (χ1n) is 6.10. The number of aliphatic hydroxyl groups is 3. The van der Waals surface area contributed by atoms with Crippen molar-refractivity contribution < 1.29 is 24.9 Å². The molecule has 0 radical (unpaired) electrons. The largest absolute Gasteiger partial charge is 0.394 e. The Balaban J connectivity index is 1.90. The second kappa shape index (κ2) is 4.42.